The predicted molar refractivity (Wildman–Crippen MR) is 54.1 cm³/mol. The SMILES string of the molecule is CNC(=O)c1ccc2ncn(C)c2c1. The molecule has 4 nitrogen and oxygen atoms in total. The van der Waals surface area contributed by atoms with Gasteiger partial charge in [0.2, 0.25) is 0 Å². The van der Waals surface area contributed by atoms with Crippen molar-refractivity contribution in [2.45, 2.75) is 0 Å². The molecule has 2 aromatic rings. The van der Waals surface area contributed by atoms with E-state index < -0.39 is 0 Å². The van der Waals surface area contributed by atoms with Crippen LogP contribution in [-0.4, -0.2) is 22.5 Å². The van der Waals surface area contributed by atoms with E-state index in [1.165, 1.54) is 0 Å². The van der Waals surface area contributed by atoms with E-state index in [1.807, 2.05) is 23.7 Å². The van der Waals surface area contributed by atoms with Gasteiger partial charge in [-0.25, -0.2) is 4.98 Å². The van der Waals surface area contributed by atoms with Crippen molar-refractivity contribution in [2.24, 2.45) is 7.05 Å². The van der Waals surface area contributed by atoms with Gasteiger partial charge in [-0.05, 0) is 18.2 Å². The van der Waals surface area contributed by atoms with Crippen LogP contribution in [0.2, 0.25) is 0 Å². The number of hydrogen-bond acceptors (Lipinski definition) is 2. The molecule has 1 heterocycles. The number of benzene rings is 1. The monoisotopic (exact) mass is 189 g/mol. The zero-order valence-electron chi connectivity index (χ0n) is 8.11. The lowest BCUT2D eigenvalue weighted by atomic mass is 10.2. The first-order valence-corrected chi connectivity index (χ1v) is 4.35. The van der Waals surface area contributed by atoms with Crippen molar-refractivity contribution in [1.82, 2.24) is 14.9 Å². The number of carbonyl (C=O) groups excluding carboxylic acids is 1. The van der Waals surface area contributed by atoms with Gasteiger partial charge >= 0.3 is 0 Å². The fourth-order valence-corrected chi connectivity index (χ4v) is 1.41. The lowest BCUT2D eigenvalue weighted by molar-refractivity contribution is 0.0963. The van der Waals surface area contributed by atoms with E-state index in [1.54, 1.807) is 19.4 Å². The molecule has 1 amide bonds. The summed E-state index contributed by atoms with van der Waals surface area (Å²) in [6.45, 7) is 0. The van der Waals surface area contributed by atoms with Crippen molar-refractivity contribution in [2.75, 3.05) is 7.05 Å². The van der Waals surface area contributed by atoms with Gasteiger partial charge in [0.1, 0.15) is 0 Å². The summed E-state index contributed by atoms with van der Waals surface area (Å²) in [6, 6.07) is 5.45. The Morgan fingerprint density at radius 1 is 1.50 bits per heavy atom. The smallest absolute Gasteiger partial charge is 0.251 e. The Labute approximate surface area is 81.6 Å². The topological polar surface area (TPSA) is 46.9 Å². The van der Waals surface area contributed by atoms with Crippen molar-refractivity contribution in [3.05, 3.63) is 30.1 Å². The summed E-state index contributed by atoms with van der Waals surface area (Å²) in [5.74, 6) is -0.0758. The molecule has 0 fully saturated rings. The Bertz CT molecular complexity index is 487. The van der Waals surface area contributed by atoms with Gasteiger partial charge in [0.25, 0.3) is 5.91 Å². The van der Waals surface area contributed by atoms with E-state index >= 15 is 0 Å². The molecule has 0 aliphatic carbocycles. The number of imidazole rings is 1. The van der Waals surface area contributed by atoms with Crippen LogP contribution in [0.25, 0.3) is 11.0 Å². The molecule has 0 aliphatic heterocycles. The fourth-order valence-electron chi connectivity index (χ4n) is 1.41. The summed E-state index contributed by atoms with van der Waals surface area (Å²) in [4.78, 5) is 15.5. The average molecular weight is 189 g/mol. The van der Waals surface area contributed by atoms with Gasteiger partial charge in [0.05, 0.1) is 17.4 Å². The van der Waals surface area contributed by atoms with Crippen molar-refractivity contribution < 1.29 is 4.79 Å². The molecule has 2 rings (SSSR count). The largest absolute Gasteiger partial charge is 0.355 e. The maximum Gasteiger partial charge on any atom is 0.251 e. The average Bonchev–Trinajstić information content (AvgIpc) is 2.59. The molecule has 0 aliphatic rings. The summed E-state index contributed by atoms with van der Waals surface area (Å²) in [6.07, 6.45) is 1.73. The van der Waals surface area contributed by atoms with Gasteiger partial charge in [0.15, 0.2) is 0 Å². The number of nitrogens with zero attached hydrogens (tertiary/aromatic N) is 2. The fraction of sp³-hybridized carbons (Fsp3) is 0.200. The van der Waals surface area contributed by atoms with Crippen LogP contribution in [0.1, 0.15) is 10.4 Å². The van der Waals surface area contributed by atoms with Crippen LogP contribution >= 0.6 is 0 Å². The Morgan fingerprint density at radius 2 is 2.29 bits per heavy atom. The molecule has 0 unspecified atom stereocenters. The maximum absolute atomic E-state index is 11.3. The second kappa shape index (κ2) is 3.14. The molecular weight excluding hydrogens is 178 g/mol. The number of fused-ring (bicyclic) bond motifs is 1. The molecule has 0 radical (unpaired) electrons. The summed E-state index contributed by atoms with van der Waals surface area (Å²) < 4.78 is 1.89. The van der Waals surface area contributed by atoms with E-state index in [4.69, 9.17) is 0 Å². The highest BCUT2D eigenvalue weighted by Gasteiger charge is 2.05. The van der Waals surface area contributed by atoms with Gasteiger partial charge < -0.3 is 9.88 Å². The Balaban J connectivity index is 2.60. The number of hydrogen-bond donors (Lipinski definition) is 1. The van der Waals surface area contributed by atoms with Crippen LogP contribution < -0.4 is 5.32 Å². The minimum absolute atomic E-state index is 0.0758. The Hall–Kier alpha value is -1.84. The summed E-state index contributed by atoms with van der Waals surface area (Å²) in [7, 11) is 3.53. The van der Waals surface area contributed by atoms with Crippen LogP contribution in [0, 0.1) is 0 Å². The molecule has 0 spiro atoms. The number of nitrogens with one attached hydrogen (secondary N) is 1. The molecular formula is C10H11N3O. The second-order valence-electron chi connectivity index (χ2n) is 3.14. The van der Waals surface area contributed by atoms with E-state index in [2.05, 4.69) is 10.3 Å². The third-order valence-corrected chi connectivity index (χ3v) is 2.21. The van der Waals surface area contributed by atoms with E-state index in [9.17, 15) is 4.79 Å². The van der Waals surface area contributed by atoms with Crippen molar-refractivity contribution in [3.8, 4) is 0 Å². The number of aromatic nitrogens is 2. The summed E-state index contributed by atoms with van der Waals surface area (Å²) in [5, 5.41) is 2.59. The highest BCUT2D eigenvalue weighted by Crippen LogP contribution is 2.13. The number of aryl methyl sites for hydroxylation is 1. The van der Waals surface area contributed by atoms with Crippen molar-refractivity contribution >= 4 is 16.9 Å². The molecule has 0 saturated heterocycles. The van der Waals surface area contributed by atoms with E-state index in [0.29, 0.717) is 5.56 Å². The normalized spacial score (nSPS) is 10.4. The standard InChI is InChI=1S/C10H11N3O/c1-11-10(14)7-3-4-8-9(5-7)13(2)6-12-8/h3-6H,1-2H3,(H,11,14). The van der Waals surface area contributed by atoms with Crippen LogP contribution in [0.4, 0.5) is 0 Å². The van der Waals surface area contributed by atoms with E-state index in [-0.39, 0.29) is 5.91 Å². The number of carbonyl (C=O) groups is 1. The van der Waals surface area contributed by atoms with Crippen LogP contribution in [-0.2, 0) is 7.05 Å². The molecule has 72 valence electrons. The van der Waals surface area contributed by atoms with Crippen molar-refractivity contribution in [1.29, 1.82) is 0 Å². The van der Waals surface area contributed by atoms with Gasteiger partial charge in [-0.3, -0.25) is 4.79 Å². The number of rotatable bonds is 1. The zero-order chi connectivity index (χ0) is 10.1. The Morgan fingerprint density at radius 3 is 3.00 bits per heavy atom. The third-order valence-electron chi connectivity index (χ3n) is 2.21. The summed E-state index contributed by atoms with van der Waals surface area (Å²) in [5.41, 5.74) is 2.52. The minimum Gasteiger partial charge on any atom is -0.355 e. The molecule has 1 aromatic heterocycles. The van der Waals surface area contributed by atoms with Gasteiger partial charge in [-0.2, -0.15) is 0 Å². The van der Waals surface area contributed by atoms with Gasteiger partial charge in [-0.15, -0.1) is 0 Å². The first kappa shape index (κ1) is 8.74. The lowest BCUT2D eigenvalue weighted by Crippen LogP contribution is -2.17. The predicted octanol–water partition coefficient (Wildman–Crippen LogP) is 0.933. The van der Waals surface area contributed by atoms with Crippen LogP contribution in [0.15, 0.2) is 24.5 Å². The third kappa shape index (κ3) is 1.25. The second-order valence-corrected chi connectivity index (χ2v) is 3.14. The molecule has 0 atom stereocenters. The van der Waals surface area contributed by atoms with Crippen molar-refractivity contribution in [3.63, 3.8) is 0 Å². The molecule has 4 heteroatoms. The Kier molecular flexibility index (Phi) is 1.96. The zero-order valence-corrected chi connectivity index (χ0v) is 8.11. The number of amides is 1. The van der Waals surface area contributed by atoms with Crippen LogP contribution in [0.3, 0.4) is 0 Å². The first-order valence-electron chi connectivity index (χ1n) is 4.35. The quantitative estimate of drug-likeness (QED) is 0.725. The van der Waals surface area contributed by atoms with E-state index in [0.717, 1.165) is 11.0 Å². The van der Waals surface area contributed by atoms with Gasteiger partial charge in [0, 0.05) is 19.7 Å². The molecule has 0 bridgehead atoms. The summed E-state index contributed by atoms with van der Waals surface area (Å²) >= 11 is 0. The highest BCUT2D eigenvalue weighted by atomic mass is 16.1. The molecule has 1 N–H and O–H groups in total. The lowest BCUT2D eigenvalue weighted by Gasteiger charge is -2.00. The maximum atomic E-state index is 11.3. The molecule has 0 saturated carbocycles. The molecule has 14 heavy (non-hydrogen) atoms. The molecule has 1 aromatic carbocycles. The highest BCUT2D eigenvalue weighted by molar-refractivity contribution is 5.97. The first-order chi connectivity index (χ1) is 6.72. The van der Waals surface area contributed by atoms with Crippen LogP contribution in [0.5, 0.6) is 0 Å². The van der Waals surface area contributed by atoms with Gasteiger partial charge in [-0.1, -0.05) is 0 Å². The minimum atomic E-state index is -0.0758.